The topological polar surface area (TPSA) is 47.6 Å². The smallest absolute Gasteiger partial charge is 0.251 e. The Balaban J connectivity index is 1.20. The van der Waals surface area contributed by atoms with E-state index in [1.807, 2.05) is 24.3 Å². The van der Waals surface area contributed by atoms with Gasteiger partial charge in [0.2, 0.25) is 0 Å². The molecule has 1 aliphatic heterocycles. The van der Waals surface area contributed by atoms with Gasteiger partial charge in [-0.3, -0.25) is 4.79 Å². The molecule has 4 nitrogen and oxygen atoms in total. The Bertz CT molecular complexity index is 627. The maximum absolute atomic E-state index is 12.8. The third-order valence-electron chi connectivity index (χ3n) is 6.99. The van der Waals surface area contributed by atoms with E-state index in [0.717, 1.165) is 48.5 Å². The largest absolute Gasteiger partial charge is 0.491 e. The Morgan fingerprint density at radius 3 is 2.31 bits per heavy atom. The lowest BCUT2D eigenvalue weighted by molar-refractivity contribution is -0.0167. The Morgan fingerprint density at radius 2 is 1.73 bits per heavy atom. The zero-order valence-electron chi connectivity index (χ0n) is 15.4. The highest BCUT2D eigenvalue weighted by Crippen LogP contribution is 2.55. The molecule has 26 heavy (non-hydrogen) atoms. The number of nitrogens with one attached hydrogen (secondary N) is 1. The van der Waals surface area contributed by atoms with Crippen molar-refractivity contribution >= 4 is 5.91 Å². The molecule has 1 amide bonds. The van der Waals surface area contributed by atoms with Gasteiger partial charge in [-0.15, -0.1) is 0 Å². The Labute approximate surface area is 155 Å². The number of carbonyl (C=O) groups is 1. The second-order valence-electron chi connectivity index (χ2n) is 9.12. The van der Waals surface area contributed by atoms with Gasteiger partial charge in [-0.25, -0.2) is 0 Å². The fourth-order valence-electron chi connectivity index (χ4n) is 6.24. The fraction of sp³-hybridized carbons (Fsp3) is 0.682. The monoisotopic (exact) mass is 355 g/mol. The molecule has 4 heteroatoms. The van der Waals surface area contributed by atoms with Gasteiger partial charge in [-0.2, -0.15) is 0 Å². The fourth-order valence-corrected chi connectivity index (χ4v) is 6.24. The van der Waals surface area contributed by atoms with Gasteiger partial charge in [0, 0.05) is 17.7 Å². The Hall–Kier alpha value is -1.55. The van der Waals surface area contributed by atoms with Gasteiger partial charge in [-0.1, -0.05) is 0 Å². The van der Waals surface area contributed by atoms with Gasteiger partial charge >= 0.3 is 0 Å². The minimum Gasteiger partial charge on any atom is -0.491 e. The number of ether oxygens (including phenoxy) is 2. The molecule has 1 unspecified atom stereocenters. The molecule has 0 radical (unpaired) electrons. The van der Waals surface area contributed by atoms with E-state index in [-0.39, 0.29) is 17.6 Å². The number of amides is 1. The maximum atomic E-state index is 12.8. The second kappa shape index (κ2) is 6.56. The normalized spacial score (nSPS) is 37.7. The van der Waals surface area contributed by atoms with E-state index in [2.05, 4.69) is 5.32 Å². The second-order valence-corrected chi connectivity index (χ2v) is 9.12. The lowest BCUT2D eigenvalue weighted by atomic mass is 9.53. The van der Waals surface area contributed by atoms with Gasteiger partial charge in [-0.05, 0) is 93.4 Å². The van der Waals surface area contributed by atoms with Gasteiger partial charge in [0.25, 0.3) is 5.91 Å². The van der Waals surface area contributed by atoms with Crippen molar-refractivity contribution in [1.29, 1.82) is 0 Å². The van der Waals surface area contributed by atoms with Crippen LogP contribution in [0, 0.1) is 17.8 Å². The maximum Gasteiger partial charge on any atom is 0.251 e. The van der Waals surface area contributed by atoms with Gasteiger partial charge in [0.15, 0.2) is 0 Å². The van der Waals surface area contributed by atoms with E-state index in [4.69, 9.17) is 9.47 Å². The van der Waals surface area contributed by atoms with Gasteiger partial charge < -0.3 is 14.8 Å². The average molecular weight is 355 g/mol. The molecule has 1 heterocycles. The molecule has 4 saturated carbocycles. The molecular formula is C22H29NO3. The van der Waals surface area contributed by atoms with Gasteiger partial charge in [0.05, 0.1) is 6.10 Å². The summed E-state index contributed by atoms with van der Waals surface area (Å²) in [6.45, 7) is 1.44. The molecule has 0 aromatic heterocycles. The molecular weight excluding hydrogens is 326 g/mol. The third kappa shape index (κ3) is 3.24. The Kier molecular flexibility index (Phi) is 4.19. The number of rotatable bonds is 5. The SMILES string of the molecule is O=C(NC12CC3CC(CC(C3)C1)C2)c1ccc(OCC2CCCO2)cc1. The summed E-state index contributed by atoms with van der Waals surface area (Å²) in [7, 11) is 0. The molecule has 1 atom stereocenters. The standard InChI is InChI=1S/C22H29NO3/c24-21(23-22-11-15-8-16(12-22)10-17(9-15)13-22)18-3-5-19(6-4-18)26-14-20-2-1-7-25-20/h3-6,15-17,20H,1-2,7-14H2,(H,23,24). The van der Waals surface area contributed by atoms with E-state index >= 15 is 0 Å². The highest BCUT2D eigenvalue weighted by atomic mass is 16.5. The van der Waals surface area contributed by atoms with Crippen molar-refractivity contribution in [3.8, 4) is 5.75 Å². The van der Waals surface area contributed by atoms with Crippen molar-refractivity contribution in [2.24, 2.45) is 17.8 Å². The molecule has 1 aromatic rings. The van der Waals surface area contributed by atoms with E-state index in [1.165, 1.54) is 38.5 Å². The summed E-state index contributed by atoms with van der Waals surface area (Å²) in [6, 6.07) is 7.59. The molecule has 4 aliphatic carbocycles. The first-order chi connectivity index (χ1) is 12.7. The van der Waals surface area contributed by atoms with E-state index < -0.39 is 0 Å². The summed E-state index contributed by atoms with van der Waals surface area (Å²) in [4.78, 5) is 12.8. The highest BCUT2D eigenvalue weighted by Gasteiger charge is 2.51. The minimum absolute atomic E-state index is 0.0703. The summed E-state index contributed by atoms with van der Waals surface area (Å²) in [5, 5.41) is 3.44. The number of carbonyl (C=O) groups excluding carboxylic acids is 1. The van der Waals surface area contributed by atoms with E-state index in [1.54, 1.807) is 0 Å². The molecule has 6 rings (SSSR count). The van der Waals surface area contributed by atoms with Crippen LogP contribution < -0.4 is 10.1 Å². The van der Waals surface area contributed by atoms with Crippen LogP contribution in [0.25, 0.3) is 0 Å². The number of hydrogen-bond acceptors (Lipinski definition) is 3. The minimum atomic E-state index is 0.0703. The van der Waals surface area contributed by atoms with Crippen molar-refractivity contribution in [2.75, 3.05) is 13.2 Å². The summed E-state index contributed by atoms with van der Waals surface area (Å²) in [6.07, 6.45) is 10.2. The summed E-state index contributed by atoms with van der Waals surface area (Å²) in [5.74, 6) is 3.42. The predicted octanol–water partition coefficient (Wildman–Crippen LogP) is 3.94. The van der Waals surface area contributed by atoms with Crippen LogP contribution in [0.3, 0.4) is 0 Å². The number of benzene rings is 1. The predicted molar refractivity (Wildman–Crippen MR) is 99.3 cm³/mol. The summed E-state index contributed by atoms with van der Waals surface area (Å²) >= 11 is 0. The van der Waals surface area contributed by atoms with Crippen molar-refractivity contribution in [1.82, 2.24) is 5.32 Å². The van der Waals surface area contributed by atoms with Crippen LogP contribution in [-0.2, 0) is 4.74 Å². The molecule has 1 N–H and O–H groups in total. The van der Waals surface area contributed by atoms with Crippen LogP contribution in [0.15, 0.2) is 24.3 Å². The summed E-state index contributed by atoms with van der Waals surface area (Å²) in [5.41, 5.74) is 0.811. The third-order valence-corrected chi connectivity index (χ3v) is 6.99. The Morgan fingerprint density at radius 1 is 1.08 bits per heavy atom. The first-order valence-corrected chi connectivity index (χ1v) is 10.3. The molecule has 5 fully saturated rings. The van der Waals surface area contributed by atoms with Crippen molar-refractivity contribution in [3.63, 3.8) is 0 Å². The van der Waals surface area contributed by atoms with Crippen LogP contribution in [0.2, 0.25) is 0 Å². The molecule has 5 aliphatic rings. The number of hydrogen-bond donors (Lipinski definition) is 1. The van der Waals surface area contributed by atoms with Crippen LogP contribution in [-0.4, -0.2) is 30.8 Å². The van der Waals surface area contributed by atoms with E-state index in [0.29, 0.717) is 6.61 Å². The molecule has 140 valence electrons. The lowest BCUT2D eigenvalue weighted by Crippen LogP contribution is -2.59. The van der Waals surface area contributed by atoms with Crippen LogP contribution >= 0.6 is 0 Å². The van der Waals surface area contributed by atoms with Gasteiger partial charge in [0.1, 0.15) is 12.4 Å². The summed E-state index contributed by atoms with van der Waals surface area (Å²) < 4.78 is 11.4. The first-order valence-electron chi connectivity index (χ1n) is 10.3. The van der Waals surface area contributed by atoms with Crippen LogP contribution in [0.4, 0.5) is 0 Å². The zero-order valence-corrected chi connectivity index (χ0v) is 15.4. The lowest BCUT2D eigenvalue weighted by Gasteiger charge is -2.56. The molecule has 1 saturated heterocycles. The molecule has 1 aromatic carbocycles. The van der Waals surface area contributed by atoms with Crippen molar-refractivity contribution in [2.45, 2.75) is 63.0 Å². The molecule has 4 bridgehead atoms. The van der Waals surface area contributed by atoms with Crippen LogP contribution in [0.1, 0.15) is 61.7 Å². The quantitative estimate of drug-likeness (QED) is 0.870. The van der Waals surface area contributed by atoms with Crippen molar-refractivity contribution in [3.05, 3.63) is 29.8 Å². The first kappa shape index (κ1) is 16.6. The van der Waals surface area contributed by atoms with Crippen molar-refractivity contribution < 1.29 is 14.3 Å². The highest BCUT2D eigenvalue weighted by molar-refractivity contribution is 5.94. The zero-order chi connectivity index (χ0) is 17.6. The average Bonchev–Trinajstić information content (AvgIpc) is 3.12. The molecule has 0 spiro atoms. The van der Waals surface area contributed by atoms with Crippen LogP contribution in [0.5, 0.6) is 5.75 Å². The van der Waals surface area contributed by atoms with E-state index in [9.17, 15) is 4.79 Å².